The summed E-state index contributed by atoms with van der Waals surface area (Å²) in [4.78, 5) is 2.46. The van der Waals surface area contributed by atoms with Crippen molar-refractivity contribution >= 4 is 21.6 Å². The molecule has 2 aromatic rings. The van der Waals surface area contributed by atoms with E-state index < -0.39 is 10.0 Å². The Labute approximate surface area is 171 Å². The fraction of sp³-hybridized carbons (Fsp3) is 0.400. The lowest BCUT2D eigenvalue weighted by atomic mass is 10.1. The van der Waals surface area contributed by atoms with Crippen LogP contribution in [0, 0.1) is 0 Å². The molecule has 1 aliphatic rings. The van der Waals surface area contributed by atoms with Gasteiger partial charge in [0.25, 0.3) is 0 Å². The third-order valence-electron chi connectivity index (χ3n) is 5.17. The summed E-state index contributed by atoms with van der Waals surface area (Å²) in [5, 5.41) is 0.732. The largest absolute Gasteiger partial charge is 0.493 e. The van der Waals surface area contributed by atoms with E-state index in [9.17, 15) is 8.42 Å². The van der Waals surface area contributed by atoms with Crippen LogP contribution in [0.15, 0.2) is 47.4 Å². The van der Waals surface area contributed by atoms with Crippen molar-refractivity contribution in [1.29, 1.82) is 0 Å². The van der Waals surface area contributed by atoms with Gasteiger partial charge in [-0.3, -0.25) is 4.90 Å². The van der Waals surface area contributed by atoms with Crippen LogP contribution in [0.1, 0.15) is 18.5 Å². The summed E-state index contributed by atoms with van der Waals surface area (Å²) < 4.78 is 38.0. The summed E-state index contributed by atoms with van der Waals surface area (Å²) in [6, 6.07) is 12.6. The molecule has 0 unspecified atom stereocenters. The van der Waals surface area contributed by atoms with Crippen molar-refractivity contribution in [1.82, 2.24) is 9.21 Å². The first-order chi connectivity index (χ1) is 13.4. The first-order valence-corrected chi connectivity index (χ1v) is 10.9. The molecule has 0 saturated carbocycles. The van der Waals surface area contributed by atoms with Crippen LogP contribution < -0.4 is 9.47 Å². The minimum absolute atomic E-state index is 0.125. The monoisotopic (exact) mass is 424 g/mol. The van der Waals surface area contributed by atoms with Gasteiger partial charge in [-0.25, -0.2) is 8.42 Å². The summed E-state index contributed by atoms with van der Waals surface area (Å²) in [7, 11) is -0.588. The summed E-state index contributed by atoms with van der Waals surface area (Å²) in [6.07, 6.45) is 0. The van der Waals surface area contributed by atoms with Gasteiger partial charge in [-0.15, -0.1) is 0 Å². The van der Waals surface area contributed by atoms with E-state index in [1.54, 1.807) is 12.1 Å². The lowest BCUT2D eigenvalue weighted by Crippen LogP contribution is -2.49. The molecule has 1 fully saturated rings. The minimum Gasteiger partial charge on any atom is -0.493 e. The number of nitrogens with zero attached hydrogens (tertiary/aromatic N) is 2. The fourth-order valence-electron chi connectivity index (χ4n) is 3.47. The smallest absolute Gasteiger partial charge is 0.243 e. The van der Waals surface area contributed by atoms with Crippen LogP contribution in [0.25, 0.3) is 0 Å². The standard InChI is InChI=1S/C20H25ClN2O4S/c1-15(17-6-4-5-7-18(17)21)22-10-12-23(13-11-22)28(24,25)16-8-9-19(26-2)20(14-16)27-3/h4-9,14-15H,10-13H2,1-3H3/t15-/m1/s1. The van der Waals surface area contributed by atoms with Crippen molar-refractivity contribution in [2.45, 2.75) is 17.9 Å². The molecule has 1 atom stereocenters. The van der Waals surface area contributed by atoms with Gasteiger partial charge in [0.1, 0.15) is 0 Å². The van der Waals surface area contributed by atoms with E-state index in [4.69, 9.17) is 21.1 Å². The molecular weight excluding hydrogens is 400 g/mol. The Morgan fingerprint density at radius 1 is 0.964 bits per heavy atom. The van der Waals surface area contributed by atoms with Gasteiger partial charge in [-0.2, -0.15) is 4.31 Å². The highest BCUT2D eigenvalue weighted by Gasteiger charge is 2.31. The van der Waals surface area contributed by atoms with Crippen LogP contribution in [0.2, 0.25) is 5.02 Å². The van der Waals surface area contributed by atoms with Crippen molar-refractivity contribution in [3.8, 4) is 11.5 Å². The topological polar surface area (TPSA) is 59.1 Å². The van der Waals surface area contributed by atoms with Crippen LogP contribution in [0.5, 0.6) is 11.5 Å². The molecule has 1 saturated heterocycles. The number of hydrogen-bond donors (Lipinski definition) is 0. The van der Waals surface area contributed by atoms with Crippen LogP contribution >= 0.6 is 11.6 Å². The van der Waals surface area contributed by atoms with Gasteiger partial charge in [-0.05, 0) is 30.7 Å². The number of benzene rings is 2. The molecule has 0 N–H and O–H groups in total. The van der Waals surface area contributed by atoms with Crippen LogP contribution in [0.4, 0.5) is 0 Å². The highest BCUT2D eigenvalue weighted by molar-refractivity contribution is 7.89. The maximum Gasteiger partial charge on any atom is 0.243 e. The maximum absolute atomic E-state index is 13.0. The van der Waals surface area contributed by atoms with Crippen LogP contribution in [-0.4, -0.2) is 58.0 Å². The number of methoxy groups -OCH3 is 2. The predicted octanol–water partition coefficient (Wildman–Crippen LogP) is 3.42. The van der Waals surface area contributed by atoms with E-state index >= 15 is 0 Å². The van der Waals surface area contributed by atoms with Crippen molar-refractivity contribution in [2.24, 2.45) is 0 Å². The number of ether oxygens (including phenoxy) is 2. The number of hydrogen-bond acceptors (Lipinski definition) is 5. The Kier molecular flexibility index (Phi) is 6.50. The Morgan fingerprint density at radius 3 is 2.21 bits per heavy atom. The minimum atomic E-state index is -3.60. The van der Waals surface area contributed by atoms with E-state index in [0.717, 1.165) is 10.6 Å². The van der Waals surface area contributed by atoms with E-state index in [0.29, 0.717) is 37.7 Å². The first-order valence-electron chi connectivity index (χ1n) is 9.09. The zero-order chi connectivity index (χ0) is 20.3. The number of halogens is 1. The zero-order valence-electron chi connectivity index (χ0n) is 16.3. The molecule has 0 spiro atoms. The number of rotatable bonds is 6. The van der Waals surface area contributed by atoms with Crippen molar-refractivity contribution in [3.63, 3.8) is 0 Å². The molecule has 3 rings (SSSR count). The molecule has 152 valence electrons. The molecule has 28 heavy (non-hydrogen) atoms. The van der Waals surface area contributed by atoms with E-state index in [1.807, 2.05) is 24.3 Å². The second-order valence-electron chi connectivity index (χ2n) is 6.65. The normalized spacial score (nSPS) is 17.3. The Bertz CT molecular complexity index is 928. The highest BCUT2D eigenvalue weighted by Crippen LogP contribution is 2.32. The van der Waals surface area contributed by atoms with Gasteiger partial charge >= 0.3 is 0 Å². The SMILES string of the molecule is COc1ccc(S(=O)(=O)N2CCN([C@H](C)c3ccccc3Cl)CC2)cc1OC. The quantitative estimate of drug-likeness (QED) is 0.711. The summed E-state index contributed by atoms with van der Waals surface area (Å²) in [5.74, 6) is 0.898. The van der Waals surface area contributed by atoms with E-state index in [-0.39, 0.29) is 10.9 Å². The maximum atomic E-state index is 13.0. The van der Waals surface area contributed by atoms with Gasteiger partial charge in [0.05, 0.1) is 19.1 Å². The van der Waals surface area contributed by atoms with Gasteiger partial charge in [0.2, 0.25) is 10.0 Å². The third-order valence-corrected chi connectivity index (χ3v) is 7.41. The average molecular weight is 425 g/mol. The number of sulfonamides is 1. The molecule has 0 aromatic heterocycles. The van der Waals surface area contributed by atoms with Crippen LogP contribution in [0.3, 0.4) is 0 Å². The molecule has 1 aliphatic heterocycles. The van der Waals surface area contributed by atoms with Crippen molar-refractivity contribution in [3.05, 3.63) is 53.1 Å². The Balaban J connectivity index is 1.73. The molecule has 8 heteroatoms. The zero-order valence-corrected chi connectivity index (χ0v) is 17.8. The predicted molar refractivity (Wildman–Crippen MR) is 110 cm³/mol. The van der Waals surface area contributed by atoms with Crippen molar-refractivity contribution in [2.75, 3.05) is 40.4 Å². The average Bonchev–Trinajstić information content (AvgIpc) is 2.73. The lowest BCUT2D eigenvalue weighted by Gasteiger charge is -2.37. The lowest BCUT2D eigenvalue weighted by molar-refractivity contribution is 0.146. The molecule has 0 amide bonds. The van der Waals surface area contributed by atoms with Gasteiger partial charge in [0, 0.05) is 43.3 Å². The molecule has 6 nitrogen and oxygen atoms in total. The molecule has 1 heterocycles. The number of piperazine rings is 1. The van der Waals surface area contributed by atoms with E-state index in [1.165, 1.54) is 24.6 Å². The van der Waals surface area contributed by atoms with Crippen LogP contribution in [-0.2, 0) is 10.0 Å². The Morgan fingerprint density at radius 2 is 1.61 bits per heavy atom. The molecule has 0 aliphatic carbocycles. The molecule has 0 bridgehead atoms. The molecule has 2 aromatic carbocycles. The Hall–Kier alpha value is -1.80. The highest BCUT2D eigenvalue weighted by atomic mass is 35.5. The van der Waals surface area contributed by atoms with Gasteiger partial charge in [-0.1, -0.05) is 29.8 Å². The second-order valence-corrected chi connectivity index (χ2v) is 9.00. The molecular formula is C20H25ClN2O4S. The van der Waals surface area contributed by atoms with Crippen molar-refractivity contribution < 1.29 is 17.9 Å². The summed E-state index contributed by atoms with van der Waals surface area (Å²) >= 11 is 6.32. The van der Waals surface area contributed by atoms with E-state index in [2.05, 4.69) is 11.8 Å². The molecule has 0 radical (unpaired) electrons. The fourth-order valence-corrected chi connectivity index (χ4v) is 5.20. The first kappa shape index (κ1) is 20.9. The van der Waals surface area contributed by atoms with Gasteiger partial charge in [0.15, 0.2) is 11.5 Å². The summed E-state index contributed by atoms with van der Waals surface area (Å²) in [5.41, 5.74) is 1.06. The van der Waals surface area contributed by atoms with Gasteiger partial charge < -0.3 is 9.47 Å². The second kappa shape index (κ2) is 8.69. The summed E-state index contributed by atoms with van der Waals surface area (Å²) in [6.45, 7) is 4.22. The third kappa shape index (κ3) is 4.12.